The molecule has 0 aliphatic heterocycles. The van der Waals surface area contributed by atoms with Gasteiger partial charge in [-0.05, 0) is 25.7 Å². The molecule has 0 heterocycles. The molecule has 10 heavy (non-hydrogen) atoms. The minimum absolute atomic E-state index is 1.16. The highest BCUT2D eigenvalue weighted by Gasteiger charge is 2.01. The van der Waals surface area contributed by atoms with Gasteiger partial charge in [-0.25, -0.2) is 0 Å². The third kappa shape index (κ3) is 2.53. The van der Waals surface area contributed by atoms with Gasteiger partial charge in [0.05, 0.1) is 6.54 Å². The van der Waals surface area contributed by atoms with Crippen LogP contribution >= 0.6 is 0 Å². The van der Waals surface area contributed by atoms with E-state index in [2.05, 4.69) is 13.1 Å². The van der Waals surface area contributed by atoms with E-state index in [1.165, 1.54) is 32.1 Å². The maximum atomic E-state index is 3.72. The molecule has 0 saturated carbocycles. The predicted molar refractivity (Wildman–Crippen MR) is 43.3 cm³/mol. The van der Waals surface area contributed by atoms with E-state index in [1.54, 1.807) is 5.57 Å². The summed E-state index contributed by atoms with van der Waals surface area (Å²) in [5.74, 6) is 0. The van der Waals surface area contributed by atoms with E-state index in [-0.39, 0.29) is 0 Å². The zero-order chi connectivity index (χ0) is 7.23. The maximum Gasteiger partial charge on any atom is 0.0553 e. The Balaban J connectivity index is 2.18. The van der Waals surface area contributed by atoms with Crippen LogP contribution in [0.15, 0.2) is 11.6 Å². The molecular weight excluding hydrogens is 122 g/mol. The highest BCUT2D eigenvalue weighted by molar-refractivity contribution is 5.04. The zero-order valence-electron chi connectivity index (χ0n) is 6.60. The van der Waals surface area contributed by atoms with Crippen LogP contribution in [0.2, 0.25) is 0 Å². The Kier molecular flexibility index (Phi) is 3.52. The quantitative estimate of drug-likeness (QED) is 0.447. The molecule has 58 valence electrons. The second-order valence-electron chi connectivity index (χ2n) is 2.94. The number of nitrogens with two attached hydrogens (primary N) is 1. The first-order valence-corrected chi connectivity index (χ1v) is 4.22. The van der Waals surface area contributed by atoms with Crippen molar-refractivity contribution in [2.24, 2.45) is 0 Å². The molecule has 1 nitrogen and oxygen atoms in total. The van der Waals surface area contributed by atoms with Crippen LogP contribution < -0.4 is 5.32 Å². The van der Waals surface area contributed by atoms with Gasteiger partial charge in [0.2, 0.25) is 0 Å². The molecule has 0 atom stereocenters. The first-order valence-electron chi connectivity index (χ1n) is 4.22. The molecule has 0 aromatic heterocycles. The van der Waals surface area contributed by atoms with Gasteiger partial charge in [-0.15, -0.1) is 0 Å². The van der Waals surface area contributed by atoms with E-state index in [9.17, 15) is 0 Å². The summed E-state index contributed by atoms with van der Waals surface area (Å²) >= 11 is 0. The Morgan fingerprint density at radius 1 is 1.50 bits per heavy atom. The van der Waals surface area contributed by atoms with Gasteiger partial charge in [0, 0.05) is 6.42 Å². The third-order valence-corrected chi connectivity index (χ3v) is 2.05. The molecule has 0 spiro atoms. The second-order valence-corrected chi connectivity index (χ2v) is 2.94. The van der Waals surface area contributed by atoms with Crippen molar-refractivity contribution in [3.63, 3.8) is 0 Å². The van der Waals surface area contributed by atoms with E-state index >= 15 is 0 Å². The van der Waals surface area contributed by atoms with Crippen LogP contribution in [-0.2, 0) is 0 Å². The summed E-state index contributed by atoms with van der Waals surface area (Å²) in [7, 11) is 3.72. The van der Waals surface area contributed by atoms with Crippen molar-refractivity contribution in [2.45, 2.75) is 32.1 Å². The van der Waals surface area contributed by atoms with Crippen LogP contribution in [0.3, 0.4) is 0 Å². The fourth-order valence-corrected chi connectivity index (χ4v) is 1.42. The summed E-state index contributed by atoms with van der Waals surface area (Å²) < 4.78 is 0. The normalized spacial score (nSPS) is 18.7. The summed E-state index contributed by atoms with van der Waals surface area (Å²) in [6.07, 6.45) is 9.12. The topological polar surface area (TPSA) is 16.6 Å². The van der Waals surface area contributed by atoms with Crippen LogP contribution in [0.1, 0.15) is 32.1 Å². The van der Waals surface area contributed by atoms with Crippen LogP contribution in [0.4, 0.5) is 0 Å². The van der Waals surface area contributed by atoms with Gasteiger partial charge in [0.25, 0.3) is 0 Å². The molecule has 1 aliphatic rings. The fourth-order valence-electron chi connectivity index (χ4n) is 1.42. The lowest BCUT2D eigenvalue weighted by Crippen LogP contribution is -2.76. The van der Waals surface area contributed by atoms with Gasteiger partial charge in [-0.2, -0.15) is 7.05 Å². The van der Waals surface area contributed by atoms with Gasteiger partial charge < -0.3 is 5.32 Å². The summed E-state index contributed by atoms with van der Waals surface area (Å²) in [4.78, 5) is 0. The van der Waals surface area contributed by atoms with Gasteiger partial charge in [-0.1, -0.05) is 11.6 Å². The van der Waals surface area contributed by atoms with E-state index in [1.807, 2.05) is 5.32 Å². The van der Waals surface area contributed by atoms with Crippen molar-refractivity contribution in [1.82, 2.24) is 0 Å². The molecule has 0 bridgehead atoms. The molecule has 0 aromatic carbocycles. The van der Waals surface area contributed by atoms with Gasteiger partial charge >= 0.3 is 0 Å². The molecule has 1 rings (SSSR count). The molecule has 0 unspecified atom stereocenters. The van der Waals surface area contributed by atoms with E-state index < -0.39 is 0 Å². The highest BCUT2D eigenvalue weighted by Crippen LogP contribution is 2.18. The SMILES string of the molecule is [CH2-][NH2+]CCC1=CCCCC1. The van der Waals surface area contributed by atoms with Crippen molar-refractivity contribution in [2.75, 3.05) is 6.54 Å². The molecule has 0 saturated heterocycles. The molecule has 0 aromatic rings. The molecule has 0 fully saturated rings. The number of hydrogen-bond donors (Lipinski definition) is 1. The van der Waals surface area contributed by atoms with Crippen molar-refractivity contribution < 1.29 is 5.32 Å². The van der Waals surface area contributed by atoms with Crippen molar-refractivity contribution in [3.05, 3.63) is 18.7 Å². The predicted octanol–water partition coefficient (Wildman–Crippen LogP) is 1.23. The zero-order valence-corrected chi connectivity index (χ0v) is 6.60. The van der Waals surface area contributed by atoms with E-state index in [4.69, 9.17) is 0 Å². The third-order valence-electron chi connectivity index (χ3n) is 2.05. The van der Waals surface area contributed by atoms with Crippen molar-refractivity contribution in [1.29, 1.82) is 0 Å². The van der Waals surface area contributed by atoms with Crippen LogP contribution in [0.25, 0.3) is 0 Å². The maximum absolute atomic E-state index is 3.72. The smallest absolute Gasteiger partial charge is 0.0553 e. The average Bonchev–Trinajstić information content (AvgIpc) is 2.03. The van der Waals surface area contributed by atoms with E-state index in [0.29, 0.717) is 0 Å². The lowest BCUT2D eigenvalue weighted by Gasteiger charge is -2.11. The fraction of sp³-hybridized carbons (Fsp3) is 0.667. The molecule has 1 aliphatic carbocycles. The first-order chi connectivity index (χ1) is 4.93. The van der Waals surface area contributed by atoms with E-state index in [0.717, 1.165) is 6.54 Å². The Morgan fingerprint density at radius 3 is 3.00 bits per heavy atom. The molecule has 2 N–H and O–H groups in total. The second kappa shape index (κ2) is 4.51. The summed E-state index contributed by atoms with van der Waals surface area (Å²) in [6, 6.07) is 0. The summed E-state index contributed by atoms with van der Waals surface area (Å²) in [5.41, 5.74) is 1.66. The molecular formula is C9H17N. The lowest BCUT2D eigenvalue weighted by molar-refractivity contribution is -0.594. The average molecular weight is 139 g/mol. The number of quaternary nitrogens is 1. The van der Waals surface area contributed by atoms with Crippen LogP contribution in [-0.4, -0.2) is 6.54 Å². The summed E-state index contributed by atoms with van der Waals surface area (Å²) in [5, 5.41) is 2.01. The van der Waals surface area contributed by atoms with Crippen molar-refractivity contribution >= 4 is 0 Å². The van der Waals surface area contributed by atoms with Crippen LogP contribution in [0.5, 0.6) is 0 Å². The molecule has 1 heteroatoms. The molecule has 0 amide bonds. The first kappa shape index (κ1) is 7.80. The van der Waals surface area contributed by atoms with Crippen LogP contribution in [0, 0.1) is 7.05 Å². The Hall–Kier alpha value is -0.300. The highest BCUT2D eigenvalue weighted by atomic mass is 14.8. The lowest BCUT2D eigenvalue weighted by atomic mass is 9.97. The molecule has 0 radical (unpaired) electrons. The van der Waals surface area contributed by atoms with Gasteiger partial charge in [0.1, 0.15) is 0 Å². The summed E-state index contributed by atoms with van der Waals surface area (Å²) in [6.45, 7) is 1.16. The van der Waals surface area contributed by atoms with Gasteiger partial charge in [-0.3, -0.25) is 0 Å². The largest absolute Gasteiger partial charge is 0.479 e. The van der Waals surface area contributed by atoms with Gasteiger partial charge in [0.15, 0.2) is 0 Å². The van der Waals surface area contributed by atoms with Crippen molar-refractivity contribution in [3.8, 4) is 0 Å². The Morgan fingerprint density at radius 2 is 2.40 bits per heavy atom. The minimum Gasteiger partial charge on any atom is -0.479 e. The monoisotopic (exact) mass is 139 g/mol. The Labute approximate surface area is 63.5 Å². The number of allylic oxidation sites excluding steroid dienone is 1. The number of rotatable bonds is 3. The minimum atomic E-state index is 1.16. The standard InChI is InChI=1S/C9H17N/c1-10-8-7-9-5-3-2-4-6-9/h5H,1-4,6-8,10H2. The number of hydrogen-bond acceptors (Lipinski definition) is 0. The Bertz CT molecular complexity index is 116.